The van der Waals surface area contributed by atoms with Crippen molar-refractivity contribution in [2.45, 2.75) is 36.8 Å². The normalized spacial score (nSPS) is 29.2. The molecule has 110 valence electrons. The highest BCUT2D eigenvalue weighted by Gasteiger charge is 2.61. The van der Waals surface area contributed by atoms with Gasteiger partial charge in [-0.15, -0.1) is 0 Å². The largest absolute Gasteiger partial charge is 0.447 e. The number of hydrogen-bond acceptors (Lipinski definition) is 3. The van der Waals surface area contributed by atoms with Crippen LogP contribution in [-0.4, -0.2) is 10.9 Å². The quantitative estimate of drug-likeness (QED) is 0.944. The molecule has 1 amide bonds. The average Bonchev–Trinajstić information content (AvgIpc) is 3.03. The van der Waals surface area contributed by atoms with E-state index in [9.17, 15) is 4.79 Å². The number of benzene rings is 1. The molecule has 0 radical (unpaired) electrons. The molecule has 2 aromatic rings. The maximum absolute atomic E-state index is 16.0. The molecule has 21 heavy (non-hydrogen) atoms. The first kappa shape index (κ1) is 13.8. The van der Waals surface area contributed by atoms with Gasteiger partial charge in [0, 0.05) is 0 Å². The Morgan fingerprint density at radius 3 is 2.57 bits per heavy atom. The summed E-state index contributed by atoms with van der Waals surface area (Å²) in [5, 5.41) is 0. The van der Waals surface area contributed by atoms with Crippen LogP contribution in [0, 0.1) is 0 Å². The Kier molecular flexibility index (Phi) is 3.27. The van der Waals surface area contributed by atoms with Crippen molar-refractivity contribution in [2.75, 3.05) is 0 Å². The number of aromatic nitrogens is 1. The lowest BCUT2D eigenvalue weighted by Crippen LogP contribution is -2.56. The second-order valence-electron chi connectivity index (χ2n) is 5.51. The third kappa shape index (κ3) is 1.87. The van der Waals surface area contributed by atoms with E-state index in [1.807, 2.05) is 6.07 Å². The molecule has 1 aliphatic carbocycles. The van der Waals surface area contributed by atoms with Gasteiger partial charge in [-0.2, -0.15) is 0 Å². The van der Waals surface area contributed by atoms with Crippen LogP contribution in [0.2, 0.25) is 0 Å². The third-order valence-electron chi connectivity index (χ3n) is 4.50. The van der Waals surface area contributed by atoms with E-state index < -0.39 is 17.0 Å². The Bertz CT molecular complexity index is 629. The van der Waals surface area contributed by atoms with Crippen LogP contribution in [0.25, 0.3) is 0 Å². The predicted molar refractivity (Wildman–Crippen MR) is 75.1 cm³/mol. The number of carbonyl (C=O) groups excluding carboxylic acids is 1. The van der Waals surface area contributed by atoms with Crippen LogP contribution in [0.15, 0.2) is 47.3 Å². The smallest absolute Gasteiger partial charge is 0.235 e. The van der Waals surface area contributed by atoms with Gasteiger partial charge in [0.05, 0.1) is 6.20 Å². The minimum absolute atomic E-state index is 0.209. The molecule has 1 heterocycles. The number of nitrogens with two attached hydrogens (primary N) is 1. The third-order valence-corrected chi connectivity index (χ3v) is 4.50. The van der Waals surface area contributed by atoms with Gasteiger partial charge in [0.1, 0.15) is 11.2 Å². The van der Waals surface area contributed by atoms with Crippen LogP contribution >= 0.6 is 0 Å². The molecule has 0 spiro atoms. The summed E-state index contributed by atoms with van der Waals surface area (Å²) in [6, 6.07) is 8.73. The van der Waals surface area contributed by atoms with Crippen LogP contribution in [0.1, 0.15) is 37.0 Å². The molecule has 1 aromatic heterocycles. The summed E-state index contributed by atoms with van der Waals surface area (Å²) in [6.07, 6.45) is 4.59. The summed E-state index contributed by atoms with van der Waals surface area (Å²) in [4.78, 5) is 16.1. The molecule has 3 rings (SSSR count). The summed E-state index contributed by atoms with van der Waals surface area (Å²) in [6.45, 7) is 0. The maximum atomic E-state index is 16.0. The number of primary amides is 1. The highest BCUT2D eigenvalue weighted by atomic mass is 19.1. The van der Waals surface area contributed by atoms with Crippen LogP contribution < -0.4 is 5.73 Å². The molecular formula is C16H17FN2O2. The monoisotopic (exact) mass is 288 g/mol. The van der Waals surface area contributed by atoms with Crippen molar-refractivity contribution < 1.29 is 13.6 Å². The summed E-state index contributed by atoms with van der Waals surface area (Å²) in [5.74, 6) is -0.494. The number of rotatable bonds is 3. The SMILES string of the molecule is NC(=O)C1(c2cnco2)CCCCC1(F)c1ccccc1. The number of alkyl halides is 1. The molecule has 0 bridgehead atoms. The van der Waals surface area contributed by atoms with Gasteiger partial charge in [-0.3, -0.25) is 4.79 Å². The van der Waals surface area contributed by atoms with E-state index in [2.05, 4.69) is 4.98 Å². The van der Waals surface area contributed by atoms with Crippen molar-refractivity contribution in [1.29, 1.82) is 0 Å². The van der Waals surface area contributed by atoms with Crippen molar-refractivity contribution >= 4 is 5.91 Å². The number of oxazole rings is 1. The molecule has 4 nitrogen and oxygen atoms in total. The molecular weight excluding hydrogens is 271 g/mol. The average molecular weight is 288 g/mol. The molecule has 2 unspecified atom stereocenters. The van der Waals surface area contributed by atoms with E-state index in [-0.39, 0.29) is 12.2 Å². The van der Waals surface area contributed by atoms with Crippen molar-refractivity contribution in [3.05, 3.63) is 54.2 Å². The van der Waals surface area contributed by atoms with Gasteiger partial charge in [-0.05, 0) is 24.8 Å². The van der Waals surface area contributed by atoms with Gasteiger partial charge >= 0.3 is 0 Å². The first-order valence-electron chi connectivity index (χ1n) is 7.04. The lowest BCUT2D eigenvalue weighted by molar-refractivity contribution is -0.135. The number of nitrogens with zero attached hydrogens (tertiary/aromatic N) is 1. The minimum atomic E-state index is -1.88. The van der Waals surface area contributed by atoms with Gasteiger partial charge in [-0.25, -0.2) is 9.37 Å². The van der Waals surface area contributed by atoms with Crippen molar-refractivity contribution in [3.63, 3.8) is 0 Å². The number of halogens is 1. The second kappa shape index (κ2) is 4.98. The first-order valence-corrected chi connectivity index (χ1v) is 7.04. The van der Waals surface area contributed by atoms with Crippen LogP contribution in [0.5, 0.6) is 0 Å². The Hall–Kier alpha value is -2.17. The highest BCUT2D eigenvalue weighted by Crippen LogP contribution is 2.54. The van der Waals surface area contributed by atoms with Gasteiger partial charge in [-0.1, -0.05) is 36.8 Å². The first-order chi connectivity index (χ1) is 10.1. The van der Waals surface area contributed by atoms with Gasteiger partial charge in [0.2, 0.25) is 5.91 Å². The van der Waals surface area contributed by atoms with E-state index in [4.69, 9.17) is 10.2 Å². The summed E-state index contributed by atoms with van der Waals surface area (Å²) in [5.41, 5.74) is 2.72. The van der Waals surface area contributed by atoms with Crippen LogP contribution in [0.3, 0.4) is 0 Å². The Balaban J connectivity index is 2.23. The summed E-state index contributed by atoms with van der Waals surface area (Å²) in [7, 11) is 0. The van der Waals surface area contributed by atoms with E-state index in [0.717, 1.165) is 6.42 Å². The molecule has 0 aliphatic heterocycles. The Labute approximate surface area is 122 Å². The van der Waals surface area contributed by atoms with Crippen molar-refractivity contribution in [3.8, 4) is 0 Å². The Morgan fingerprint density at radius 1 is 1.24 bits per heavy atom. The molecule has 5 heteroatoms. The molecule has 1 fully saturated rings. The maximum Gasteiger partial charge on any atom is 0.235 e. The topological polar surface area (TPSA) is 69.1 Å². The number of carbonyl (C=O) groups is 1. The van der Waals surface area contributed by atoms with E-state index in [0.29, 0.717) is 18.4 Å². The standard InChI is InChI=1S/C16H17FN2O2/c17-16(12-6-2-1-3-7-12)9-5-4-8-15(16,14(18)20)13-10-19-11-21-13/h1-3,6-7,10-11H,4-5,8-9H2,(H2,18,20). The zero-order chi connectivity index (χ0) is 14.9. The van der Waals surface area contributed by atoms with E-state index >= 15 is 4.39 Å². The van der Waals surface area contributed by atoms with Gasteiger partial charge < -0.3 is 10.2 Å². The number of hydrogen-bond donors (Lipinski definition) is 1. The fourth-order valence-corrected chi connectivity index (χ4v) is 3.45. The Morgan fingerprint density at radius 2 is 1.95 bits per heavy atom. The fourth-order valence-electron chi connectivity index (χ4n) is 3.45. The number of amides is 1. The van der Waals surface area contributed by atoms with Crippen LogP contribution in [-0.2, 0) is 15.9 Å². The molecule has 1 aliphatic rings. The second-order valence-corrected chi connectivity index (χ2v) is 5.51. The van der Waals surface area contributed by atoms with Gasteiger partial charge in [0.15, 0.2) is 12.1 Å². The predicted octanol–water partition coefficient (Wildman–Crippen LogP) is 2.84. The zero-order valence-electron chi connectivity index (χ0n) is 11.6. The molecule has 1 saturated carbocycles. The highest BCUT2D eigenvalue weighted by molar-refractivity contribution is 5.88. The lowest BCUT2D eigenvalue weighted by Gasteiger charge is -2.45. The van der Waals surface area contributed by atoms with Crippen LogP contribution in [0.4, 0.5) is 4.39 Å². The molecule has 0 saturated heterocycles. The van der Waals surface area contributed by atoms with E-state index in [1.54, 1.807) is 24.3 Å². The zero-order valence-corrected chi connectivity index (χ0v) is 11.6. The minimum Gasteiger partial charge on any atom is -0.447 e. The van der Waals surface area contributed by atoms with E-state index in [1.165, 1.54) is 12.6 Å². The summed E-state index contributed by atoms with van der Waals surface area (Å²) < 4.78 is 21.4. The fraction of sp³-hybridized carbons (Fsp3) is 0.375. The lowest BCUT2D eigenvalue weighted by atomic mass is 9.60. The molecule has 1 aromatic carbocycles. The van der Waals surface area contributed by atoms with Crippen molar-refractivity contribution in [1.82, 2.24) is 4.98 Å². The van der Waals surface area contributed by atoms with Crippen molar-refractivity contribution in [2.24, 2.45) is 5.73 Å². The van der Waals surface area contributed by atoms with Gasteiger partial charge in [0.25, 0.3) is 0 Å². The molecule has 2 N–H and O–H groups in total. The summed E-state index contributed by atoms with van der Waals surface area (Å²) >= 11 is 0. The molecule has 2 atom stereocenters.